The Hall–Kier alpha value is -2.04. The summed E-state index contributed by atoms with van der Waals surface area (Å²) in [6.07, 6.45) is 3.30. The molecule has 2 rings (SSSR count). The van der Waals surface area contributed by atoms with Crippen molar-refractivity contribution in [3.8, 4) is 0 Å². The molecule has 2 heterocycles. The first kappa shape index (κ1) is 10.5. The molecule has 0 amide bonds. The molecule has 2 aromatic heterocycles. The van der Waals surface area contributed by atoms with Crippen molar-refractivity contribution < 1.29 is 0 Å². The van der Waals surface area contributed by atoms with Crippen LogP contribution in [0.5, 0.6) is 0 Å². The lowest BCUT2D eigenvalue weighted by Crippen LogP contribution is -1.96. The van der Waals surface area contributed by atoms with Crippen LogP contribution in [0.4, 0.5) is 17.2 Å². The third-order valence-corrected chi connectivity index (χ3v) is 2.33. The Morgan fingerprint density at radius 1 is 1.44 bits per heavy atom. The molecule has 0 fully saturated rings. The van der Waals surface area contributed by atoms with E-state index in [-0.39, 0.29) is 0 Å². The van der Waals surface area contributed by atoms with Crippen LogP contribution in [-0.4, -0.2) is 15.2 Å². The molecule has 84 valence electrons. The monoisotopic (exact) mass is 217 g/mol. The maximum absolute atomic E-state index is 5.77. The van der Waals surface area contributed by atoms with Crippen LogP contribution in [0.25, 0.3) is 0 Å². The normalized spacial score (nSPS) is 10.7. The molecule has 0 saturated heterocycles. The number of anilines is 3. The molecule has 5 nitrogen and oxygen atoms in total. The van der Waals surface area contributed by atoms with Gasteiger partial charge in [0.2, 0.25) is 0 Å². The maximum Gasteiger partial charge on any atom is 0.152 e. The minimum atomic E-state index is 0.429. The number of nitrogen functional groups attached to an aromatic ring is 1. The van der Waals surface area contributed by atoms with Crippen molar-refractivity contribution in [2.75, 3.05) is 11.1 Å². The number of rotatable bonds is 3. The highest BCUT2D eigenvalue weighted by Gasteiger charge is 2.05. The van der Waals surface area contributed by atoms with Gasteiger partial charge in [0.05, 0.1) is 17.6 Å². The molecule has 0 unspecified atom stereocenters. The largest absolute Gasteiger partial charge is 0.396 e. The molecular formula is C11H15N5. The standard InChI is InChI=1S/C11H15N5/c1-7(2)10-5-11(16-15-10)14-9-3-4-13-6-8(9)12/h3-7H,12H2,1-2H3,(H2,13,14,15,16). The van der Waals surface area contributed by atoms with Gasteiger partial charge >= 0.3 is 0 Å². The SMILES string of the molecule is CC(C)c1cc(Nc2ccncc2N)n[nH]1. The van der Waals surface area contributed by atoms with Crippen LogP contribution in [0.3, 0.4) is 0 Å². The van der Waals surface area contributed by atoms with Crippen LogP contribution in [0, 0.1) is 0 Å². The Balaban J connectivity index is 2.18. The van der Waals surface area contributed by atoms with Crippen molar-refractivity contribution in [3.63, 3.8) is 0 Å². The molecule has 5 heteroatoms. The van der Waals surface area contributed by atoms with E-state index in [4.69, 9.17) is 5.73 Å². The quantitative estimate of drug-likeness (QED) is 0.736. The highest BCUT2D eigenvalue weighted by Crippen LogP contribution is 2.22. The van der Waals surface area contributed by atoms with Crippen molar-refractivity contribution in [1.82, 2.24) is 15.2 Å². The zero-order valence-electron chi connectivity index (χ0n) is 9.36. The smallest absolute Gasteiger partial charge is 0.152 e. The molecule has 0 saturated carbocycles. The Morgan fingerprint density at radius 2 is 2.25 bits per heavy atom. The van der Waals surface area contributed by atoms with Gasteiger partial charge in [-0.05, 0) is 12.0 Å². The average molecular weight is 217 g/mol. The third-order valence-electron chi connectivity index (χ3n) is 2.33. The molecule has 0 aliphatic carbocycles. The summed E-state index contributed by atoms with van der Waals surface area (Å²) in [5, 5.41) is 10.3. The van der Waals surface area contributed by atoms with E-state index in [1.165, 1.54) is 0 Å². The summed E-state index contributed by atoms with van der Waals surface area (Å²) < 4.78 is 0. The fourth-order valence-electron chi connectivity index (χ4n) is 1.35. The lowest BCUT2D eigenvalue weighted by atomic mass is 10.1. The van der Waals surface area contributed by atoms with Crippen LogP contribution in [0.15, 0.2) is 24.5 Å². The van der Waals surface area contributed by atoms with Gasteiger partial charge in [-0.2, -0.15) is 5.10 Å². The van der Waals surface area contributed by atoms with Crippen molar-refractivity contribution in [2.45, 2.75) is 19.8 Å². The van der Waals surface area contributed by atoms with Gasteiger partial charge in [0.15, 0.2) is 5.82 Å². The molecule has 0 aliphatic heterocycles. The van der Waals surface area contributed by atoms with Crippen molar-refractivity contribution >= 4 is 17.2 Å². The minimum Gasteiger partial charge on any atom is -0.396 e. The van der Waals surface area contributed by atoms with E-state index in [0.29, 0.717) is 11.6 Å². The highest BCUT2D eigenvalue weighted by molar-refractivity contribution is 5.69. The van der Waals surface area contributed by atoms with E-state index in [2.05, 4.69) is 34.3 Å². The molecule has 0 aromatic carbocycles. The summed E-state index contributed by atoms with van der Waals surface area (Å²) in [5.41, 5.74) is 8.29. The first-order chi connectivity index (χ1) is 7.66. The molecule has 16 heavy (non-hydrogen) atoms. The summed E-state index contributed by atoms with van der Waals surface area (Å²) in [4.78, 5) is 3.93. The predicted molar refractivity (Wildman–Crippen MR) is 64.6 cm³/mol. The second-order valence-corrected chi connectivity index (χ2v) is 3.95. The number of nitrogens with two attached hydrogens (primary N) is 1. The second kappa shape index (κ2) is 4.22. The van der Waals surface area contributed by atoms with Crippen molar-refractivity contribution in [3.05, 3.63) is 30.2 Å². The van der Waals surface area contributed by atoms with E-state index in [9.17, 15) is 0 Å². The van der Waals surface area contributed by atoms with E-state index >= 15 is 0 Å². The first-order valence-corrected chi connectivity index (χ1v) is 5.18. The zero-order chi connectivity index (χ0) is 11.5. The Kier molecular flexibility index (Phi) is 2.76. The molecule has 0 atom stereocenters. The van der Waals surface area contributed by atoms with Crippen LogP contribution in [0.1, 0.15) is 25.5 Å². The zero-order valence-corrected chi connectivity index (χ0v) is 9.36. The number of nitrogens with one attached hydrogen (secondary N) is 2. The third kappa shape index (κ3) is 2.13. The van der Waals surface area contributed by atoms with E-state index in [0.717, 1.165) is 17.2 Å². The molecule has 0 radical (unpaired) electrons. The molecule has 4 N–H and O–H groups in total. The Morgan fingerprint density at radius 3 is 2.88 bits per heavy atom. The van der Waals surface area contributed by atoms with Gasteiger partial charge in [0.25, 0.3) is 0 Å². The number of pyridine rings is 1. The first-order valence-electron chi connectivity index (χ1n) is 5.18. The molecular weight excluding hydrogens is 202 g/mol. The van der Waals surface area contributed by atoms with Gasteiger partial charge in [-0.3, -0.25) is 10.1 Å². The molecule has 0 bridgehead atoms. The van der Waals surface area contributed by atoms with Crippen LogP contribution in [-0.2, 0) is 0 Å². The maximum atomic E-state index is 5.77. The van der Waals surface area contributed by atoms with Gasteiger partial charge in [0.1, 0.15) is 0 Å². The van der Waals surface area contributed by atoms with Crippen LogP contribution >= 0.6 is 0 Å². The fourth-order valence-corrected chi connectivity index (χ4v) is 1.35. The fraction of sp³-hybridized carbons (Fsp3) is 0.273. The molecule has 2 aromatic rings. The Labute approximate surface area is 94.1 Å². The summed E-state index contributed by atoms with van der Waals surface area (Å²) in [5.74, 6) is 1.19. The topological polar surface area (TPSA) is 79.6 Å². The summed E-state index contributed by atoms with van der Waals surface area (Å²) in [6.45, 7) is 4.22. The minimum absolute atomic E-state index is 0.429. The van der Waals surface area contributed by atoms with Crippen molar-refractivity contribution in [1.29, 1.82) is 0 Å². The Bertz CT molecular complexity index is 475. The highest BCUT2D eigenvalue weighted by atomic mass is 15.2. The van der Waals surface area contributed by atoms with Gasteiger partial charge in [-0.25, -0.2) is 0 Å². The number of aromatic amines is 1. The predicted octanol–water partition coefficient (Wildman–Crippen LogP) is 2.25. The number of hydrogen-bond donors (Lipinski definition) is 3. The average Bonchev–Trinajstić information content (AvgIpc) is 2.70. The summed E-state index contributed by atoms with van der Waals surface area (Å²) >= 11 is 0. The summed E-state index contributed by atoms with van der Waals surface area (Å²) in [6, 6.07) is 3.80. The van der Waals surface area contributed by atoms with Crippen LogP contribution < -0.4 is 11.1 Å². The lowest BCUT2D eigenvalue weighted by Gasteiger charge is -2.04. The van der Waals surface area contributed by atoms with Crippen molar-refractivity contribution in [2.24, 2.45) is 0 Å². The number of aromatic nitrogens is 3. The van der Waals surface area contributed by atoms with Gasteiger partial charge in [-0.15, -0.1) is 0 Å². The van der Waals surface area contributed by atoms with Crippen LogP contribution in [0.2, 0.25) is 0 Å². The van der Waals surface area contributed by atoms with Gasteiger partial charge in [-0.1, -0.05) is 13.8 Å². The van der Waals surface area contributed by atoms with E-state index < -0.39 is 0 Å². The van der Waals surface area contributed by atoms with E-state index in [1.54, 1.807) is 12.4 Å². The number of H-pyrrole nitrogens is 1. The molecule has 0 spiro atoms. The number of hydrogen-bond acceptors (Lipinski definition) is 4. The van der Waals surface area contributed by atoms with Gasteiger partial charge < -0.3 is 11.1 Å². The van der Waals surface area contributed by atoms with E-state index in [1.807, 2.05) is 12.1 Å². The second-order valence-electron chi connectivity index (χ2n) is 3.95. The molecule has 0 aliphatic rings. The lowest BCUT2D eigenvalue weighted by molar-refractivity contribution is 0.811. The summed E-state index contributed by atoms with van der Waals surface area (Å²) in [7, 11) is 0. The number of nitrogens with zero attached hydrogens (tertiary/aromatic N) is 2. The van der Waals surface area contributed by atoms with Gasteiger partial charge in [0, 0.05) is 18.0 Å².